The van der Waals surface area contributed by atoms with E-state index >= 15 is 0 Å². The van der Waals surface area contributed by atoms with Crippen molar-refractivity contribution in [3.63, 3.8) is 0 Å². The second-order valence-corrected chi connectivity index (χ2v) is 5.65. The molecule has 1 radical (unpaired) electrons. The summed E-state index contributed by atoms with van der Waals surface area (Å²) >= 11 is 0. The van der Waals surface area contributed by atoms with Gasteiger partial charge in [0, 0.05) is 0 Å². The molecule has 0 aliphatic heterocycles. The molecular weight excluding hydrogens is 108 g/mol. The number of hydrogen-bond acceptors (Lipinski definition) is 1. The molecule has 0 aromatic heterocycles. The first-order valence-electron chi connectivity index (χ1n) is 2.05. The Labute approximate surface area is 44.6 Å². The highest BCUT2D eigenvalue weighted by Crippen LogP contribution is 1.87. The summed E-state index contributed by atoms with van der Waals surface area (Å²) in [7, 11) is 0.763. The predicted molar refractivity (Wildman–Crippen MR) is 34.2 cm³/mol. The van der Waals surface area contributed by atoms with Crippen LogP contribution in [0.4, 0.5) is 0 Å². The van der Waals surface area contributed by atoms with Gasteiger partial charge in [0.2, 0.25) is 0 Å². The van der Waals surface area contributed by atoms with Crippen molar-refractivity contribution >= 4 is 20.2 Å². The quantitative estimate of drug-likeness (QED) is 0.421. The zero-order chi connectivity index (χ0) is 4.99. The lowest BCUT2D eigenvalue weighted by molar-refractivity contribution is 0.663. The maximum atomic E-state index is 5.04. The van der Waals surface area contributed by atoms with Crippen molar-refractivity contribution in [3.8, 4) is 0 Å². The second-order valence-electron chi connectivity index (χ2n) is 1.64. The van der Waals surface area contributed by atoms with Gasteiger partial charge in [0.1, 0.15) is 10.5 Å². The zero-order valence-corrected chi connectivity index (χ0v) is 8.03. The van der Waals surface area contributed by atoms with Crippen molar-refractivity contribution in [2.24, 2.45) is 0 Å². The van der Waals surface area contributed by atoms with E-state index in [2.05, 4.69) is 13.8 Å². The fourth-order valence-corrected chi connectivity index (χ4v) is 2.60. The van der Waals surface area contributed by atoms with E-state index in [4.69, 9.17) is 4.12 Å². The van der Waals surface area contributed by atoms with Crippen LogP contribution in [0.5, 0.6) is 0 Å². The van der Waals surface area contributed by atoms with Crippen LogP contribution >= 0.6 is 0 Å². The van der Waals surface area contributed by atoms with Gasteiger partial charge < -0.3 is 4.12 Å². The summed E-state index contributed by atoms with van der Waals surface area (Å²) in [5.74, 6) is 0. The van der Waals surface area contributed by atoms with Crippen molar-refractivity contribution < 1.29 is 4.12 Å². The van der Waals surface area contributed by atoms with E-state index in [0.717, 1.165) is 10.5 Å². The lowest BCUT2D eigenvalue weighted by Crippen LogP contribution is -2.00. The molecule has 6 heavy (non-hydrogen) atoms. The third-order valence-corrected chi connectivity index (χ3v) is 2.17. The van der Waals surface area contributed by atoms with Gasteiger partial charge in [-0.3, -0.25) is 0 Å². The Hall–Kier alpha value is 0.394. The summed E-state index contributed by atoms with van der Waals surface area (Å²) in [5.41, 5.74) is 1.49. The van der Waals surface area contributed by atoms with Crippen LogP contribution in [0.2, 0.25) is 0 Å². The Bertz CT molecular complexity index is 30.0. The Kier molecular flexibility index (Phi) is 3.81. The first-order chi connectivity index (χ1) is 2.77. The molecule has 0 unspecified atom stereocenters. The summed E-state index contributed by atoms with van der Waals surface area (Å²) in [4.78, 5) is 0. The molecule has 3 heteroatoms. The fraction of sp³-hybridized carbons (Fsp3) is 0.667. The van der Waals surface area contributed by atoms with Crippen molar-refractivity contribution in [2.75, 3.05) is 0 Å². The highest BCUT2D eigenvalue weighted by atomic mass is 28.3. The predicted octanol–water partition coefficient (Wildman–Crippen LogP) is -1.06. The topological polar surface area (TPSA) is 9.23 Å². The summed E-state index contributed by atoms with van der Waals surface area (Å²) in [5, 5.41) is 0. The highest BCUT2D eigenvalue weighted by Gasteiger charge is 1.88. The fourth-order valence-electron chi connectivity index (χ4n) is 0.289. The summed E-state index contributed by atoms with van der Waals surface area (Å²) in [6, 6.07) is 0. The third kappa shape index (κ3) is 4.39. The van der Waals surface area contributed by atoms with Gasteiger partial charge in [0.05, 0.1) is 0 Å². The Balaban J connectivity index is 2.63. The zero-order valence-electron chi connectivity index (χ0n) is 4.62. The van der Waals surface area contributed by atoms with E-state index in [1.807, 2.05) is 0 Å². The summed E-state index contributed by atoms with van der Waals surface area (Å²) in [6.45, 7) is 4.26. The van der Waals surface area contributed by atoms with Crippen molar-refractivity contribution in [3.05, 3.63) is 5.54 Å². The molecule has 37 valence electrons. The van der Waals surface area contributed by atoms with Gasteiger partial charge in [0.25, 0.3) is 0 Å². The van der Waals surface area contributed by atoms with Crippen LogP contribution in [-0.4, -0.2) is 20.2 Å². The molecule has 0 aromatic carbocycles. The minimum atomic E-state index is -0.165. The van der Waals surface area contributed by atoms with Crippen LogP contribution in [0, 0.1) is 5.54 Å². The van der Waals surface area contributed by atoms with E-state index in [1.54, 1.807) is 0 Å². The van der Waals surface area contributed by atoms with Gasteiger partial charge in [-0.05, 0) is 5.54 Å². The van der Waals surface area contributed by atoms with E-state index in [0.29, 0.717) is 0 Å². The van der Waals surface area contributed by atoms with Crippen molar-refractivity contribution in [1.82, 2.24) is 0 Å². The summed E-state index contributed by atoms with van der Waals surface area (Å²) in [6.07, 6.45) is 0. The molecular formula is C3H11OSi2. The van der Waals surface area contributed by atoms with Crippen LogP contribution in [0.25, 0.3) is 0 Å². The van der Waals surface area contributed by atoms with Gasteiger partial charge in [-0.1, -0.05) is 13.8 Å². The molecule has 0 spiro atoms. The first-order valence-corrected chi connectivity index (χ1v) is 4.15. The van der Waals surface area contributed by atoms with E-state index in [9.17, 15) is 0 Å². The monoisotopic (exact) mass is 119 g/mol. The summed E-state index contributed by atoms with van der Waals surface area (Å²) < 4.78 is 5.04. The van der Waals surface area contributed by atoms with Crippen molar-refractivity contribution in [2.45, 2.75) is 13.8 Å². The third-order valence-electron chi connectivity index (χ3n) is 0.433. The number of rotatable bonds is 2. The average Bonchev–Trinajstić information content (AvgIpc) is 1.35. The van der Waals surface area contributed by atoms with E-state index in [1.165, 1.54) is 5.54 Å². The molecule has 0 fully saturated rings. The molecule has 0 atom stereocenters. The Morgan fingerprint density at radius 2 is 2.17 bits per heavy atom. The minimum absolute atomic E-state index is 0.165. The maximum Gasteiger partial charge on any atom is 0.151 e. The molecule has 0 aliphatic rings. The van der Waals surface area contributed by atoms with Crippen LogP contribution < -0.4 is 0 Å². The first kappa shape index (κ1) is 6.39. The van der Waals surface area contributed by atoms with Gasteiger partial charge >= 0.3 is 0 Å². The van der Waals surface area contributed by atoms with Crippen LogP contribution in [-0.2, 0) is 4.12 Å². The number of hydrogen-bond donors (Lipinski definition) is 0. The van der Waals surface area contributed by atoms with Crippen LogP contribution in [0.15, 0.2) is 0 Å². The molecule has 0 bridgehead atoms. The van der Waals surface area contributed by atoms with E-state index < -0.39 is 0 Å². The Morgan fingerprint density at radius 1 is 1.67 bits per heavy atom. The smallest absolute Gasteiger partial charge is 0.151 e. The highest BCUT2D eigenvalue weighted by molar-refractivity contribution is 6.40. The average molecular weight is 119 g/mol. The minimum Gasteiger partial charge on any atom is -0.468 e. The molecule has 0 saturated carbocycles. The standard InChI is InChI=1S/C3H11OSi2/c1-3(2)6-4-5/h6H2,1-2,5H3. The van der Waals surface area contributed by atoms with Crippen LogP contribution in [0.3, 0.4) is 0 Å². The molecule has 0 rings (SSSR count). The molecule has 1 nitrogen and oxygen atoms in total. The maximum absolute atomic E-state index is 5.04. The lowest BCUT2D eigenvalue weighted by atomic mass is 10.6. The molecule has 0 aromatic rings. The second kappa shape index (κ2) is 3.58. The van der Waals surface area contributed by atoms with Crippen LogP contribution in [0.1, 0.15) is 13.8 Å². The molecule has 0 amide bonds. The normalized spacial score (nSPS) is 12.5. The molecule has 0 saturated heterocycles. The molecule has 0 N–H and O–H groups in total. The molecule has 0 heterocycles. The molecule has 0 aliphatic carbocycles. The van der Waals surface area contributed by atoms with Gasteiger partial charge in [-0.25, -0.2) is 0 Å². The van der Waals surface area contributed by atoms with Gasteiger partial charge in [0.15, 0.2) is 9.76 Å². The van der Waals surface area contributed by atoms with Crippen molar-refractivity contribution in [1.29, 1.82) is 0 Å². The van der Waals surface area contributed by atoms with E-state index in [-0.39, 0.29) is 9.76 Å². The lowest BCUT2D eigenvalue weighted by Gasteiger charge is -1.96. The van der Waals surface area contributed by atoms with Gasteiger partial charge in [-0.2, -0.15) is 0 Å². The van der Waals surface area contributed by atoms with Gasteiger partial charge in [-0.15, -0.1) is 0 Å². The SMILES string of the molecule is C[C](C)[SiH2]O[SiH3]. The Morgan fingerprint density at radius 3 is 2.17 bits per heavy atom. The largest absolute Gasteiger partial charge is 0.468 e.